The lowest BCUT2D eigenvalue weighted by atomic mass is 10.2. The van der Waals surface area contributed by atoms with Gasteiger partial charge in [-0.1, -0.05) is 11.6 Å². The van der Waals surface area contributed by atoms with Gasteiger partial charge in [-0.15, -0.1) is 0 Å². The van der Waals surface area contributed by atoms with Crippen LogP contribution < -0.4 is 0 Å². The van der Waals surface area contributed by atoms with Crippen molar-refractivity contribution in [3.8, 4) is 0 Å². The molecule has 140 valence electrons. The second-order valence-electron chi connectivity index (χ2n) is 6.39. The van der Waals surface area contributed by atoms with Crippen LogP contribution in [-0.4, -0.2) is 49.6 Å². The number of hydrogen-bond donors (Lipinski definition) is 0. The number of ether oxygens (including phenoxy) is 1. The third kappa shape index (κ3) is 5.44. The molecule has 0 saturated heterocycles. The summed E-state index contributed by atoms with van der Waals surface area (Å²) in [6, 6.07) is 3.68. The van der Waals surface area contributed by atoms with Crippen molar-refractivity contribution in [1.29, 1.82) is 0 Å². The molecule has 0 aromatic heterocycles. The zero-order valence-corrected chi connectivity index (χ0v) is 16.8. The number of rotatable bonds is 6. The second-order valence-corrected chi connectivity index (χ2v) is 8.82. The summed E-state index contributed by atoms with van der Waals surface area (Å²) in [7, 11) is -3.50. The normalized spacial score (nSPS) is 13.0. The Balaban J connectivity index is 3.04. The molecule has 0 unspecified atom stereocenters. The molecule has 1 aromatic rings. The van der Waals surface area contributed by atoms with Crippen LogP contribution in [0.15, 0.2) is 23.1 Å². The number of amides is 1. The predicted molar refractivity (Wildman–Crippen MR) is 96.6 cm³/mol. The molecule has 25 heavy (non-hydrogen) atoms. The summed E-state index contributed by atoms with van der Waals surface area (Å²) in [5.74, 6) is -1.17. The van der Waals surface area contributed by atoms with Gasteiger partial charge in [-0.05, 0) is 52.8 Å². The van der Waals surface area contributed by atoms with Crippen LogP contribution in [-0.2, 0) is 19.4 Å². The van der Waals surface area contributed by atoms with Crippen molar-refractivity contribution < 1.29 is 22.7 Å². The Kier molecular flexibility index (Phi) is 7.02. The monoisotopic (exact) mass is 389 g/mol. The molecule has 0 N–H and O–H groups in total. The first-order valence-corrected chi connectivity index (χ1v) is 10.2. The minimum Gasteiger partial charge on any atom is -0.449 e. The molecule has 1 amide bonds. The molecule has 0 aliphatic heterocycles. The van der Waals surface area contributed by atoms with E-state index >= 15 is 0 Å². The Bertz CT molecular complexity index is 750. The SMILES string of the molecule is CC(C)N(C(=O)[C@@H](C)OC(=O)c1cc(S(C)(=O)=O)ccc1Cl)C(C)C. The van der Waals surface area contributed by atoms with Gasteiger partial charge in [-0.2, -0.15) is 0 Å². The van der Waals surface area contributed by atoms with Crippen molar-refractivity contribution >= 4 is 33.3 Å². The first kappa shape index (κ1) is 21.4. The predicted octanol–water partition coefficient (Wildman–Crippen LogP) is 2.93. The summed E-state index contributed by atoms with van der Waals surface area (Å²) in [6.45, 7) is 8.97. The average molecular weight is 390 g/mol. The minimum atomic E-state index is -3.50. The van der Waals surface area contributed by atoms with Gasteiger partial charge in [0.15, 0.2) is 15.9 Å². The standard InChI is InChI=1S/C17H24ClNO5S/c1-10(2)19(11(3)4)16(20)12(5)24-17(21)14-9-13(25(6,22)23)7-8-15(14)18/h7-12H,1-6H3/t12-/m1/s1. The molecule has 8 heteroatoms. The summed E-state index contributed by atoms with van der Waals surface area (Å²) in [6.07, 6.45) is 0.0101. The van der Waals surface area contributed by atoms with Gasteiger partial charge in [0.2, 0.25) is 0 Å². The van der Waals surface area contributed by atoms with Crippen LogP contribution in [0, 0.1) is 0 Å². The average Bonchev–Trinajstić information content (AvgIpc) is 2.45. The largest absolute Gasteiger partial charge is 0.449 e. The number of hydrogen-bond acceptors (Lipinski definition) is 5. The molecular formula is C17H24ClNO5S. The van der Waals surface area contributed by atoms with E-state index in [1.165, 1.54) is 19.1 Å². The zero-order chi connectivity index (χ0) is 19.5. The highest BCUT2D eigenvalue weighted by atomic mass is 35.5. The number of esters is 1. The fourth-order valence-corrected chi connectivity index (χ4v) is 3.32. The Morgan fingerprint density at radius 3 is 2.04 bits per heavy atom. The van der Waals surface area contributed by atoms with E-state index in [0.717, 1.165) is 12.3 Å². The molecule has 0 aliphatic rings. The number of halogens is 1. The molecule has 1 aromatic carbocycles. The highest BCUT2D eigenvalue weighted by Gasteiger charge is 2.28. The Morgan fingerprint density at radius 1 is 1.08 bits per heavy atom. The van der Waals surface area contributed by atoms with Crippen LogP contribution in [0.2, 0.25) is 5.02 Å². The summed E-state index contributed by atoms with van der Waals surface area (Å²) < 4.78 is 28.5. The molecule has 6 nitrogen and oxygen atoms in total. The molecule has 1 atom stereocenters. The van der Waals surface area contributed by atoms with Gasteiger partial charge in [0.1, 0.15) is 0 Å². The summed E-state index contributed by atoms with van der Waals surface area (Å²) in [5, 5.41) is 0.0571. The molecular weight excluding hydrogens is 366 g/mol. The maximum Gasteiger partial charge on any atom is 0.340 e. The van der Waals surface area contributed by atoms with E-state index in [1.54, 1.807) is 4.90 Å². The fraction of sp³-hybridized carbons (Fsp3) is 0.529. The van der Waals surface area contributed by atoms with Gasteiger partial charge < -0.3 is 9.64 Å². The molecule has 0 spiro atoms. The van der Waals surface area contributed by atoms with Gasteiger partial charge in [0.05, 0.1) is 15.5 Å². The minimum absolute atomic E-state index is 0.0474. The summed E-state index contributed by atoms with van der Waals surface area (Å²) in [5.41, 5.74) is -0.0927. The van der Waals surface area contributed by atoms with E-state index in [0.29, 0.717) is 0 Å². The third-order valence-electron chi connectivity index (χ3n) is 3.58. The van der Waals surface area contributed by atoms with Crippen molar-refractivity contribution in [2.75, 3.05) is 6.26 Å². The van der Waals surface area contributed by atoms with Gasteiger partial charge in [0.25, 0.3) is 5.91 Å². The van der Waals surface area contributed by atoms with Crippen molar-refractivity contribution in [1.82, 2.24) is 4.90 Å². The van der Waals surface area contributed by atoms with E-state index in [1.807, 2.05) is 27.7 Å². The highest BCUT2D eigenvalue weighted by Crippen LogP contribution is 2.22. The fourth-order valence-electron chi connectivity index (χ4n) is 2.48. The summed E-state index contributed by atoms with van der Waals surface area (Å²) >= 11 is 5.98. The first-order valence-electron chi connectivity index (χ1n) is 7.89. The van der Waals surface area contributed by atoms with Crippen molar-refractivity contribution in [2.45, 2.75) is 57.7 Å². The Morgan fingerprint density at radius 2 is 1.60 bits per heavy atom. The van der Waals surface area contributed by atoms with Gasteiger partial charge >= 0.3 is 5.97 Å². The van der Waals surface area contributed by atoms with Crippen LogP contribution in [0.4, 0.5) is 0 Å². The third-order valence-corrected chi connectivity index (χ3v) is 5.02. The molecule has 0 radical (unpaired) electrons. The van der Waals surface area contributed by atoms with Gasteiger partial charge in [-0.25, -0.2) is 13.2 Å². The maximum atomic E-state index is 12.5. The van der Waals surface area contributed by atoms with E-state index in [-0.39, 0.29) is 33.5 Å². The maximum absolute atomic E-state index is 12.5. The quantitative estimate of drug-likeness (QED) is 0.699. The second kappa shape index (κ2) is 8.19. The number of benzene rings is 1. The smallest absolute Gasteiger partial charge is 0.340 e. The number of carbonyl (C=O) groups is 2. The molecule has 0 saturated carbocycles. The lowest BCUT2D eigenvalue weighted by Crippen LogP contribution is -2.47. The highest BCUT2D eigenvalue weighted by molar-refractivity contribution is 7.90. The molecule has 0 fully saturated rings. The number of sulfone groups is 1. The molecule has 1 rings (SSSR count). The van der Waals surface area contributed by atoms with Crippen molar-refractivity contribution in [2.24, 2.45) is 0 Å². The van der Waals surface area contributed by atoms with Crippen LogP contribution in [0.25, 0.3) is 0 Å². The lowest BCUT2D eigenvalue weighted by Gasteiger charge is -2.32. The number of nitrogens with zero attached hydrogens (tertiary/aromatic N) is 1. The van der Waals surface area contributed by atoms with E-state index in [9.17, 15) is 18.0 Å². The molecule has 0 bridgehead atoms. The van der Waals surface area contributed by atoms with Crippen LogP contribution in [0.3, 0.4) is 0 Å². The Labute approximate surface area is 154 Å². The van der Waals surface area contributed by atoms with Crippen LogP contribution >= 0.6 is 11.6 Å². The topological polar surface area (TPSA) is 80.8 Å². The van der Waals surface area contributed by atoms with E-state index < -0.39 is 21.9 Å². The molecule has 0 heterocycles. The summed E-state index contributed by atoms with van der Waals surface area (Å²) in [4.78, 5) is 26.4. The molecule has 0 aliphatic carbocycles. The van der Waals surface area contributed by atoms with Crippen molar-refractivity contribution in [3.63, 3.8) is 0 Å². The zero-order valence-electron chi connectivity index (χ0n) is 15.2. The number of carbonyl (C=O) groups excluding carboxylic acids is 2. The van der Waals surface area contributed by atoms with Gasteiger partial charge in [-0.3, -0.25) is 4.79 Å². The van der Waals surface area contributed by atoms with Crippen LogP contribution in [0.5, 0.6) is 0 Å². The van der Waals surface area contributed by atoms with Crippen molar-refractivity contribution in [3.05, 3.63) is 28.8 Å². The Hall–Kier alpha value is -1.60. The van der Waals surface area contributed by atoms with E-state index in [4.69, 9.17) is 16.3 Å². The first-order chi connectivity index (χ1) is 11.4. The lowest BCUT2D eigenvalue weighted by molar-refractivity contribution is -0.143. The van der Waals surface area contributed by atoms with Crippen LogP contribution in [0.1, 0.15) is 45.0 Å². The van der Waals surface area contributed by atoms with E-state index in [2.05, 4.69) is 0 Å². The van der Waals surface area contributed by atoms with Gasteiger partial charge in [0, 0.05) is 18.3 Å².